The fraction of sp³-hybridized carbons (Fsp3) is 0.500. The molecule has 0 aromatic rings. The van der Waals surface area contributed by atoms with Gasteiger partial charge in [0.2, 0.25) is 5.83 Å². The average Bonchev–Trinajstić information content (AvgIpc) is 1.64. The molecule has 0 rings (SSSR count). The van der Waals surface area contributed by atoms with Crippen LogP contribution in [0.2, 0.25) is 0 Å². The monoisotopic (exact) mass is 159 g/mol. The molecule has 0 heterocycles. The van der Waals surface area contributed by atoms with Crippen LogP contribution in [0.4, 0.5) is 17.6 Å². The smallest absolute Gasteiger partial charge is 0.202 e. The molecule has 0 saturated heterocycles. The van der Waals surface area contributed by atoms with Gasteiger partial charge < -0.3 is 0 Å². The summed E-state index contributed by atoms with van der Waals surface area (Å²) in [6.07, 6.45) is -4.55. The molecule has 0 aromatic heterocycles. The molecule has 9 heavy (non-hydrogen) atoms. The highest BCUT2D eigenvalue weighted by Crippen LogP contribution is 2.25. The standard InChI is InChI=1S/C4H3F4S/c5-3(1-2-9)4(6,7)8/h1H,2H2. The predicted octanol–water partition coefficient (Wildman–Crippen LogP) is 2.60. The molecule has 0 saturated carbocycles. The van der Waals surface area contributed by atoms with Gasteiger partial charge in [-0.2, -0.15) is 13.2 Å². The van der Waals surface area contributed by atoms with E-state index in [-0.39, 0.29) is 5.75 Å². The Labute approximate surface area is 55.0 Å². The maximum atomic E-state index is 11.6. The summed E-state index contributed by atoms with van der Waals surface area (Å²) in [5.74, 6) is -2.47. The SMILES string of the molecule is FC(=CC[S])C(F)(F)F. The van der Waals surface area contributed by atoms with Crippen LogP contribution in [-0.2, 0) is 0 Å². The van der Waals surface area contributed by atoms with Crippen LogP contribution >= 0.6 is 12.6 Å². The number of hydrogen-bond donors (Lipinski definition) is 0. The van der Waals surface area contributed by atoms with Crippen molar-refractivity contribution in [1.29, 1.82) is 0 Å². The molecule has 0 atom stereocenters. The van der Waals surface area contributed by atoms with Crippen LogP contribution in [-0.4, -0.2) is 11.9 Å². The molecule has 0 aromatic carbocycles. The molecular weight excluding hydrogens is 156 g/mol. The summed E-state index contributed by atoms with van der Waals surface area (Å²) in [5, 5.41) is 0. The second-order valence-electron chi connectivity index (χ2n) is 1.22. The van der Waals surface area contributed by atoms with Crippen LogP contribution < -0.4 is 0 Å². The second kappa shape index (κ2) is 3.10. The van der Waals surface area contributed by atoms with E-state index >= 15 is 0 Å². The zero-order valence-electron chi connectivity index (χ0n) is 4.20. The maximum Gasteiger partial charge on any atom is 0.442 e. The number of rotatable bonds is 1. The summed E-state index contributed by atoms with van der Waals surface area (Å²) in [4.78, 5) is 0. The van der Waals surface area contributed by atoms with Gasteiger partial charge in [0.05, 0.1) is 0 Å². The summed E-state index contributed by atoms with van der Waals surface area (Å²) < 4.78 is 45.0. The highest BCUT2D eigenvalue weighted by molar-refractivity contribution is 7.80. The minimum absolute atomic E-state index is 0.315. The van der Waals surface area contributed by atoms with Crippen molar-refractivity contribution in [3.8, 4) is 0 Å². The van der Waals surface area contributed by atoms with Crippen LogP contribution in [0.5, 0.6) is 0 Å². The Kier molecular flexibility index (Phi) is 3.03. The van der Waals surface area contributed by atoms with Crippen LogP contribution in [0.3, 0.4) is 0 Å². The van der Waals surface area contributed by atoms with Crippen molar-refractivity contribution in [3.63, 3.8) is 0 Å². The Morgan fingerprint density at radius 1 is 1.44 bits per heavy atom. The first-order chi connectivity index (χ1) is 3.98. The van der Waals surface area contributed by atoms with E-state index in [4.69, 9.17) is 0 Å². The third-order valence-corrected chi connectivity index (χ3v) is 0.700. The van der Waals surface area contributed by atoms with E-state index in [0.29, 0.717) is 6.08 Å². The quantitative estimate of drug-likeness (QED) is 0.516. The highest BCUT2D eigenvalue weighted by atomic mass is 32.1. The molecule has 0 aliphatic heterocycles. The van der Waals surface area contributed by atoms with E-state index in [9.17, 15) is 17.6 Å². The zero-order chi connectivity index (χ0) is 7.49. The summed E-state index contributed by atoms with van der Waals surface area (Å²) in [6, 6.07) is 0. The van der Waals surface area contributed by atoms with Gasteiger partial charge >= 0.3 is 6.18 Å². The van der Waals surface area contributed by atoms with E-state index in [1.165, 1.54) is 0 Å². The Bertz CT molecular complexity index is 114. The maximum absolute atomic E-state index is 11.6. The van der Waals surface area contributed by atoms with Crippen molar-refractivity contribution >= 4 is 12.6 Å². The zero-order valence-corrected chi connectivity index (χ0v) is 5.02. The fourth-order valence-corrected chi connectivity index (χ4v) is 0.335. The average molecular weight is 159 g/mol. The normalized spacial score (nSPS) is 14.1. The van der Waals surface area contributed by atoms with E-state index in [0.717, 1.165) is 0 Å². The van der Waals surface area contributed by atoms with Crippen molar-refractivity contribution in [2.24, 2.45) is 0 Å². The first-order valence-electron chi connectivity index (χ1n) is 1.99. The van der Waals surface area contributed by atoms with Crippen molar-refractivity contribution in [3.05, 3.63) is 11.9 Å². The molecule has 0 fully saturated rings. The largest absolute Gasteiger partial charge is 0.442 e. The fourth-order valence-electron chi connectivity index (χ4n) is 0.189. The van der Waals surface area contributed by atoms with Gasteiger partial charge in [-0.3, -0.25) is 0 Å². The topological polar surface area (TPSA) is 0 Å². The van der Waals surface area contributed by atoms with Gasteiger partial charge in [0.15, 0.2) is 0 Å². The Morgan fingerprint density at radius 3 is 2.00 bits per heavy atom. The Balaban J connectivity index is 4.03. The molecule has 5 heteroatoms. The second-order valence-corrected chi connectivity index (χ2v) is 1.55. The highest BCUT2D eigenvalue weighted by Gasteiger charge is 2.33. The lowest BCUT2D eigenvalue weighted by Crippen LogP contribution is -2.07. The van der Waals surface area contributed by atoms with Crippen LogP contribution in [0.1, 0.15) is 0 Å². The molecule has 0 amide bonds. The minimum Gasteiger partial charge on any atom is -0.202 e. The van der Waals surface area contributed by atoms with E-state index in [2.05, 4.69) is 12.6 Å². The summed E-state index contributed by atoms with van der Waals surface area (Å²) in [6.45, 7) is 0. The lowest BCUT2D eigenvalue weighted by molar-refractivity contribution is -0.108. The first-order valence-corrected chi connectivity index (χ1v) is 2.57. The van der Waals surface area contributed by atoms with Gasteiger partial charge in [0.1, 0.15) is 0 Å². The van der Waals surface area contributed by atoms with Crippen LogP contribution in [0.15, 0.2) is 11.9 Å². The van der Waals surface area contributed by atoms with E-state index < -0.39 is 12.0 Å². The molecule has 0 unspecified atom stereocenters. The molecule has 0 aliphatic rings. The van der Waals surface area contributed by atoms with E-state index in [1.54, 1.807) is 0 Å². The summed E-state index contributed by atoms with van der Waals surface area (Å²) in [5.41, 5.74) is 0. The Hall–Kier alpha value is -0.190. The predicted molar refractivity (Wildman–Crippen MR) is 27.7 cm³/mol. The molecule has 0 spiro atoms. The Morgan fingerprint density at radius 2 is 1.89 bits per heavy atom. The van der Waals surface area contributed by atoms with Gasteiger partial charge in [0, 0.05) is 5.75 Å². The number of alkyl halides is 3. The van der Waals surface area contributed by atoms with Gasteiger partial charge in [-0.05, 0) is 6.08 Å². The molecular formula is C4H3F4S. The first kappa shape index (κ1) is 8.81. The van der Waals surface area contributed by atoms with Crippen molar-refractivity contribution in [1.82, 2.24) is 0 Å². The van der Waals surface area contributed by atoms with Crippen LogP contribution in [0.25, 0.3) is 0 Å². The van der Waals surface area contributed by atoms with Crippen molar-refractivity contribution in [2.75, 3.05) is 5.75 Å². The van der Waals surface area contributed by atoms with Gasteiger partial charge in [0.25, 0.3) is 0 Å². The summed E-state index contributed by atoms with van der Waals surface area (Å²) in [7, 11) is 0. The molecule has 0 bridgehead atoms. The number of allylic oxidation sites excluding steroid dienone is 1. The summed E-state index contributed by atoms with van der Waals surface area (Å²) >= 11 is 4.08. The number of hydrogen-bond acceptors (Lipinski definition) is 0. The third kappa shape index (κ3) is 3.40. The van der Waals surface area contributed by atoms with Gasteiger partial charge in [-0.1, -0.05) is 12.6 Å². The molecule has 0 nitrogen and oxygen atoms in total. The van der Waals surface area contributed by atoms with Gasteiger partial charge in [-0.15, -0.1) is 0 Å². The van der Waals surface area contributed by atoms with E-state index in [1.807, 2.05) is 0 Å². The molecule has 1 radical (unpaired) electrons. The molecule has 53 valence electrons. The minimum atomic E-state index is -4.86. The van der Waals surface area contributed by atoms with Crippen LogP contribution in [0, 0.1) is 0 Å². The lowest BCUT2D eigenvalue weighted by Gasteiger charge is -1.99. The lowest BCUT2D eigenvalue weighted by atomic mass is 10.5. The molecule has 0 N–H and O–H groups in total. The van der Waals surface area contributed by atoms with Gasteiger partial charge in [-0.25, -0.2) is 4.39 Å². The molecule has 0 aliphatic carbocycles. The van der Waals surface area contributed by atoms with Crippen molar-refractivity contribution < 1.29 is 17.6 Å². The number of halogens is 4. The van der Waals surface area contributed by atoms with Crippen molar-refractivity contribution in [2.45, 2.75) is 6.18 Å². The third-order valence-electron chi connectivity index (χ3n) is 0.533.